The van der Waals surface area contributed by atoms with Crippen LogP contribution in [0.25, 0.3) is 0 Å². The summed E-state index contributed by atoms with van der Waals surface area (Å²) in [5.41, 5.74) is 1.49. The number of nitrogens with one attached hydrogen (secondary N) is 1. The third-order valence-electron chi connectivity index (χ3n) is 4.83. The van der Waals surface area contributed by atoms with Crippen LogP contribution in [0.15, 0.2) is 6.07 Å². The van der Waals surface area contributed by atoms with Crippen LogP contribution in [0.4, 0.5) is 0 Å². The predicted octanol–water partition coefficient (Wildman–Crippen LogP) is 5.34. The lowest BCUT2D eigenvalue weighted by atomic mass is 9.83. The Labute approximate surface area is 125 Å². The second-order valence-corrected chi connectivity index (χ2v) is 7.96. The first-order valence-corrected chi connectivity index (χ1v) is 9.00. The zero-order valence-corrected chi connectivity index (χ0v) is 13.3. The van der Waals surface area contributed by atoms with Gasteiger partial charge in [-0.25, -0.2) is 0 Å². The molecule has 1 heterocycles. The number of hydrogen-bond donors (Lipinski definition) is 1. The average molecular weight is 298 g/mol. The topological polar surface area (TPSA) is 12.0 Å². The van der Waals surface area contributed by atoms with Crippen molar-refractivity contribution in [2.45, 2.75) is 70.4 Å². The third-order valence-corrected chi connectivity index (χ3v) is 6.17. The van der Waals surface area contributed by atoms with Crippen molar-refractivity contribution in [2.24, 2.45) is 5.92 Å². The van der Waals surface area contributed by atoms with Gasteiger partial charge in [-0.1, -0.05) is 31.4 Å². The maximum atomic E-state index is 6.13. The number of hydrogen-bond acceptors (Lipinski definition) is 2. The van der Waals surface area contributed by atoms with Crippen LogP contribution < -0.4 is 5.32 Å². The van der Waals surface area contributed by atoms with E-state index in [-0.39, 0.29) is 0 Å². The minimum atomic E-state index is 0.575. The molecule has 19 heavy (non-hydrogen) atoms. The molecule has 1 fully saturated rings. The van der Waals surface area contributed by atoms with E-state index in [4.69, 9.17) is 11.6 Å². The van der Waals surface area contributed by atoms with Gasteiger partial charge >= 0.3 is 0 Å². The van der Waals surface area contributed by atoms with Crippen molar-refractivity contribution in [1.29, 1.82) is 0 Å². The fourth-order valence-corrected chi connectivity index (χ4v) is 5.17. The zero-order valence-electron chi connectivity index (χ0n) is 11.8. The monoisotopic (exact) mass is 297 g/mol. The summed E-state index contributed by atoms with van der Waals surface area (Å²) in [4.78, 5) is 1.52. The highest BCUT2D eigenvalue weighted by molar-refractivity contribution is 7.16. The van der Waals surface area contributed by atoms with Crippen molar-refractivity contribution < 1.29 is 0 Å². The third kappa shape index (κ3) is 3.17. The van der Waals surface area contributed by atoms with Crippen LogP contribution in [-0.4, -0.2) is 6.04 Å². The Morgan fingerprint density at radius 1 is 1.26 bits per heavy atom. The van der Waals surface area contributed by atoms with Crippen LogP contribution in [0, 0.1) is 5.92 Å². The molecule has 1 aromatic rings. The molecule has 1 unspecified atom stereocenters. The van der Waals surface area contributed by atoms with E-state index in [9.17, 15) is 0 Å². The molecule has 2 aliphatic rings. The molecule has 106 valence electrons. The summed E-state index contributed by atoms with van der Waals surface area (Å²) >= 11 is 7.91. The summed E-state index contributed by atoms with van der Waals surface area (Å²) < 4.78 is 0.961. The number of halogens is 1. The molecule has 0 aromatic carbocycles. The molecule has 1 nitrogen and oxygen atoms in total. The van der Waals surface area contributed by atoms with Crippen molar-refractivity contribution in [3.05, 3.63) is 20.8 Å². The molecular formula is C16H24ClNS. The van der Waals surface area contributed by atoms with Crippen LogP contribution in [0.5, 0.6) is 0 Å². The maximum Gasteiger partial charge on any atom is 0.0934 e. The SMILES string of the molecule is CCCC1CCC(NC2CCc3sc(Cl)cc32)CC1. The molecule has 0 bridgehead atoms. The van der Waals surface area contributed by atoms with Crippen molar-refractivity contribution in [3.8, 4) is 0 Å². The van der Waals surface area contributed by atoms with Crippen molar-refractivity contribution in [3.63, 3.8) is 0 Å². The van der Waals surface area contributed by atoms with E-state index < -0.39 is 0 Å². The highest BCUT2D eigenvalue weighted by Gasteiger charge is 2.28. The molecule has 1 saturated carbocycles. The van der Waals surface area contributed by atoms with E-state index in [0.29, 0.717) is 6.04 Å². The van der Waals surface area contributed by atoms with Gasteiger partial charge in [-0.05, 0) is 56.1 Å². The largest absolute Gasteiger partial charge is 0.307 e. The van der Waals surface area contributed by atoms with Crippen molar-refractivity contribution in [1.82, 2.24) is 5.32 Å². The van der Waals surface area contributed by atoms with Crippen molar-refractivity contribution in [2.75, 3.05) is 0 Å². The van der Waals surface area contributed by atoms with Gasteiger partial charge in [0.2, 0.25) is 0 Å². The molecule has 1 N–H and O–H groups in total. The summed E-state index contributed by atoms with van der Waals surface area (Å²) in [6, 6.07) is 3.50. The van der Waals surface area contributed by atoms with Crippen LogP contribution in [0.2, 0.25) is 4.34 Å². The summed E-state index contributed by atoms with van der Waals surface area (Å²) in [5, 5.41) is 3.90. The van der Waals surface area contributed by atoms with E-state index >= 15 is 0 Å². The van der Waals surface area contributed by atoms with Crippen LogP contribution in [0.1, 0.15) is 68.4 Å². The minimum Gasteiger partial charge on any atom is -0.307 e. The number of fused-ring (bicyclic) bond motifs is 1. The molecule has 3 rings (SSSR count). The smallest absolute Gasteiger partial charge is 0.0934 e. The van der Waals surface area contributed by atoms with Gasteiger partial charge in [-0.2, -0.15) is 0 Å². The molecule has 1 aromatic heterocycles. The van der Waals surface area contributed by atoms with Crippen LogP contribution >= 0.6 is 22.9 Å². The van der Waals surface area contributed by atoms with E-state index in [1.54, 1.807) is 11.3 Å². The van der Waals surface area contributed by atoms with E-state index in [2.05, 4.69) is 18.3 Å². The van der Waals surface area contributed by atoms with Gasteiger partial charge < -0.3 is 5.32 Å². The quantitative estimate of drug-likeness (QED) is 0.791. The van der Waals surface area contributed by atoms with E-state index in [0.717, 1.165) is 16.3 Å². The Balaban J connectivity index is 1.53. The minimum absolute atomic E-state index is 0.575. The number of aryl methyl sites for hydroxylation is 1. The average Bonchev–Trinajstić information content (AvgIpc) is 2.93. The summed E-state index contributed by atoms with van der Waals surface area (Å²) in [6.45, 7) is 2.31. The first-order valence-electron chi connectivity index (χ1n) is 7.80. The second kappa shape index (κ2) is 6.15. The van der Waals surface area contributed by atoms with E-state index in [1.165, 1.54) is 61.8 Å². The Hall–Kier alpha value is -0.0500. The highest BCUT2D eigenvalue weighted by Crippen LogP contribution is 2.40. The summed E-state index contributed by atoms with van der Waals surface area (Å²) in [7, 11) is 0. The molecule has 0 amide bonds. The number of thiophene rings is 1. The Kier molecular flexibility index (Phi) is 4.51. The van der Waals surface area contributed by atoms with Gasteiger partial charge in [0.25, 0.3) is 0 Å². The Morgan fingerprint density at radius 3 is 2.79 bits per heavy atom. The lowest BCUT2D eigenvalue weighted by Crippen LogP contribution is -2.35. The fraction of sp³-hybridized carbons (Fsp3) is 0.750. The van der Waals surface area contributed by atoms with Gasteiger partial charge in [-0.15, -0.1) is 11.3 Å². The summed E-state index contributed by atoms with van der Waals surface area (Å²) in [6.07, 6.45) is 10.9. The van der Waals surface area contributed by atoms with Gasteiger partial charge in [0, 0.05) is 17.0 Å². The van der Waals surface area contributed by atoms with E-state index in [1.807, 2.05) is 0 Å². The standard InChI is InChI=1S/C16H24ClNS/c1-2-3-11-4-6-12(7-5-11)18-14-8-9-15-13(14)10-16(17)19-15/h10-12,14,18H,2-9H2,1H3. The van der Waals surface area contributed by atoms with Gasteiger partial charge in [-0.3, -0.25) is 0 Å². The molecule has 0 aliphatic heterocycles. The first-order chi connectivity index (χ1) is 9.26. The van der Waals surface area contributed by atoms with Gasteiger partial charge in [0.15, 0.2) is 0 Å². The molecule has 1 atom stereocenters. The lowest BCUT2D eigenvalue weighted by Gasteiger charge is -2.31. The molecular weight excluding hydrogens is 274 g/mol. The fourth-order valence-electron chi connectivity index (χ4n) is 3.81. The summed E-state index contributed by atoms with van der Waals surface area (Å²) in [5.74, 6) is 0.998. The Morgan fingerprint density at radius 2 is 2.05 bits per heavy atom. The van der Waals surface area contributed by atoms with Gasteiger partial charge in [0.05, 0.1) is 4.34 Å². The van der Waals surface area contributed by atoms with Crippen LogP contribution in [0.3, 0.4) is 0 Å². The normalized spacial score (nSPS) is 30.5. The molecule has 2 aliphatic carbocycles. The zero-order chi connectivity index (χ0) is 13.2. The van der Waals surface area contributed by atoms with Crippen LogP contribution in [-0.2, 0) is 6.42 Å². The van der Waals surface area contributed by atoms with Gasteiger partial charge in [0.1, 0.15) is 0 Å². The molecule has 0 spiro atoms. The first kappa shape index (κ1) is 13.9. The number of rotatable bonds is 4. The molecule has 0 saturated heterocycles. The van der Waals surface area contributed by atoms with Crippen molar-refractivity contribution >= 4 is 22.9 Å². The lowest BCUT2D eigenvalue weighted by molar-refractivity contribution is 0.263. The highest BCUT2D eigenvalue weighted by atomic mass is 35.5. The molecule has 0 radical (unpaired) electrons. The maximum absolute atomic E-state index is 6.13. The predicted molar refractivity (Wildman–Crippen MR) is 84.2 cm³/mol. The molecule has 3 heteroatoms. The Bertz CT molecular complexity index is 420. The second-order valence-electron chi connectivity index (χ2n) is 6.19.